The van der Waals surface area contributed by atoms with Gasteiger partial charge in [-0.1, -0.05) is 24.3 Å². The number of hydrogen-bond acceptors (Lipinski definition) is 5. The van der Waals surface area contributed by atoms with Gasteiger partial charge in [0.2, 0.25) is 11.6 Å². The highest BCUT2D eigenvalue weighted by Gasteiger charge is 2.19. The van der Waals surface area contributed by atoms with Gasteiger partial charge in [0.05, 0.1) is 16.2 Å². The van der Waals surface area contributed by atoms with E-state index in [0.717, 1.165) is 0 Å². The van der Waals surface area contributed by atoms with E-state index in [-0.39, 0.29) is 23.6 Å². The summed E-state index contributed by atoms with van der Waals surface area (Å²) < 4.78 is 0. The molecule has 4 nitrogen and oxygen atoms in total. The molecule has 0 aliphatic heterocycles. The monoisotopic (exact) mass is 356 g/mol. The highest BCUT2D eigenvalue weighted by molar-refractivity contribution is 7.12. The molecule has 1 aromatic carbocycles. The minimum absolute atomic E-state index is 0.174. The van der Waals surface area contributed by atoms with Crippen molar-refractivity contribution in [3.05, 3.63) is 79.7 Å². The number of carboxylic acid groups (broad SMARTS) is 1. The third-order valence-electron chi connectivity index (χ3n) is 3.45. The number of benzene rings is 1. The van der Waals surface area contributed by atoms with Crippen LogP contribution >= 0.6 is 22.7 Å². The lowest BCUT2D eigenvalue weighted by Crippen LogP contribution is -2.11. The normalized spacial score (nSPS) is 10.5. The van der Waals surface area contributed by atoms with Gasteiger partial charge < -0.3 is 5.11 Å². The van der Waals surface area contributed by atoms with Crippen molar-refractivity contribution < 1.29 is 19.5 Å². The van der Waals surface area contributed by atoms with Gasteiger partial charge in [0.1, 0.15) is 0 Å². The second-order valence-corrected chi connectivity index (χ2v) is 6.95. The third-order valence-corrected chi connectivity index (χ3v) is 5.19. The van der Waals surface area contributed by atoms with E-state index in [1.54, 1.807) is 41.8 Å². The molecule has 24 heavy (non-hydrogen) atoms. The predicted molar refractivity (Wildman–Crippen MR) is 93.3 cm³/mol. The second-order valence-electron chi connectivity index (χ2n) is 5.06. The largest absolute Gasteiger partial charge is 0.481 e. The average molecular weight is 356 g/mol. The van der Waals surface area contributed by atoms with Gasteiger partial charge >= 0.3 is 5.97 Å². The molecule has 2 aromatic heterocycles. The van der Waals surface area contributed by atoms with Gasteiger partial charge in [-0.25, -0.2) is 0 Å². The van der Waals surface area contributed by atoms with Crippen molar-refractivity contribution in [3.63, 3.8) is 0 Å². The van der Waals surface area contributed by atoms with Crippen molar-refractivity contribution in [2.24, 2.45) is 0 Å². The van der Waals surface area contributed by atoms with Gasteiger partial charge in [0, 0.05) is 11.1 Å². The summed E-state index contributed by atoms with van der Waals surface area (Å²) in [6.45, 7) is 0. The smallest absolute Gasteiger partial charge is 0.307 e. The van der Waals surface area contributed by atoms with Crippen LogP contribution < -0.4 is 0 Å². The number of aliphatic carboxylic acids is 1. The topological polar surface area (TPSA) is 71.4 Å². The zero-order valence-electron chi connectivity index (χ0n) is 12.4. The Balaban J connectivity index is 2.05. The summed E-state index contributed by atoms with van der Waals surface area (Å²) in [7, 11) is 0. The van der Waals surface area contributed by atoms with Gasteiger partial charge in [0.25, 0.3) is 0 Å². The molecular formula is C18H12O4S2. The molecule has 0 atom stereocenters. The molecule has 0 unspecified atom stereocenters. The van der Waals surface area contributed by atoms with Crippen LogP contribution in [0.15, 0.2) is 53.2 Å². The van der Waals surface area contributed by atoms with Crippen molar-refractivity contribution in [1.29, 1.82) is 0 Å². The van der Waals surface area contributed by atoms with Crippen LogP contribution in [-0.4, -0.2) is 22.6 Å². The summed E-state index contributed by atoms with van der Waals surface area (Å²) >= 11 is 2.61. The quantitative estimate of drug-likeness (QED) is 0.680. The molecule has 0 aliphatic rings. The average Bonchev–Trinajstić information content (AvgIpc) is 3.27. The Bertz CT molecular complexity index is 893. The van der Waals surface area contributed by atoms with Gasteiger partial charge in [-0.05, 0) is 34.5 Å². The molecule has 3 aromatic rings. The number of thiophene rings is 2. The summed E-state index contributed by atoms with van der Waals surface area (Å²) in [6.07, 6.45) is -0.264. The molecule has 0 saturated heterocycles. The van der Waals surface area contributed by atoms with Crippen LogP contribution in [0.2, 0.25) is 0 Å². The van der Waals surface area contributed by atoms with Crippen molar-refractivity contribution >= 4 is 40.2 Å². The number of ketones is 2. The molecule has 2 heterocycles. The Morgan fingerprint density at radius 1 is 0.875 bits per heavy atom. The maximum absolute atomic E-state index is 12.7. The Kier molecular flexibility index (Phi) is 4.69. The highest BCUT2D eigenvalue weighted by atomic mass is 32.1. The van der Waals surface area contributed by atoms with E-state index in [1.165, 1.54) is 28.7 Å². The van der Waals surface area contributed by atoms with E-state index < -0.39 is 5.97 Å². The molecule has 0 spiro atoms. The molecule has 0 radical (unpaired) electrons. The van der Waals surface area contributed by atoms with Gasteiger partial charge in [-0.15, -0.1) is 22.7 Å². The van der Waals surface area contributed by atoms with E-state index in [1.807, 2.05) is 5.38 Å². The Labute approximate surface area is 146 Å². The van der Waals surface area contributed by atoms with Crippen LogP contribution in [0.25, 0.3) is 0 Å². The summed E-state index contributed by atoms with van der Waals surface area (Å²) in [4.78, 5) is 37.3. The fourth-order valence-electron chi connectivity index (χ4n) is 2.34. The number of hydrogen-bond donors (Lipinski definition) is 1. The molecule has 6 heteroatoms. The predicted octanol–water partition coefficient (Wildman–Crippen LogP) is 3.90. The fraction of sp³-hybridized carbons (Fsp3) is 0.0556. The van der Waals surface area contributed by atoms with Gasteiger partial charge in [-0.2, -0.15) is 0 Å². The zero-order chi connectivity index (χ0) is 17.1. The Morgan fingerprint density at radius 3 is 2.04 bits per heavy atom. The first-order valence-corrected chi connectivity index (χ1v) is 8.83. The molecule has 0 aliphatic carbocycles. The third kappa shape index (κ3) is 3.34. The van der Waals surface area contributed by atoms with Gasteiger partial charge in [-0.3, -0.25) is 14.4 Å². The highest BCUT2D eigenvalue weighted by Crippen LogP contribution is 2.23. The van der Waals surface area contributed by atoms with E-state index in [9.17, 15) is 14.4 Å². The summed E-state index contributed by atoms with van der Waals surface area (Å²) in [5.74, 6) is -1.46. The fourth-order valence-corrected chi connectivity index (χ4v) is 3.70. The maximum atomic E-state index is 12.7. The Morgan fingerprint density at radius 2 is 1.50 bits per heavy atom. The molecule has 120 valence electrons. The van der Waals surface area contributed by atoms with Crippen molar-refractivity contribution in [1.82, 2.24) is 0 Å². The molecule has 0 amide bonds. The first kappa shape index (κ1) is 16.3. The summed E-state index contributed by atoms with van der Waals surface area (Å²) in [6, 6.07) is 11.6. The number of carbonyl (C=O) groups excluding carboxylic acids is 2. The SMILES string of the molecule is O=C(O)Cc1ccc(C(=O)c2cccs2)cc1C(=O)c1cccs1. The zero-order valence-corrected chi connectivity index (χ0v) is 14.0. The lowest BCUT2D eigenvalue weighted by atomic mass is 9.95. The number of carboxylic acids is 1. The standard InChI is InChI=1S/C18H12O4S2/c19-16(20)10-11-5-6-12(17(21)14-3-1-7-23-14)9-13(11)18(22)15-4-2-8-24-15/h1-9H,10H2,(H,19,20). The van der Waals surface area contributed by atoms with Crippen molar-refractivity contribution in [2.45, 2.75) is 6.42 Å². The minimum Gasteiger partial charge on any atom is -0.481 e. The van der Waals surface area contributed by atoms with Crippen molar-refractivity contribution in [2.75, 3.05) is 0 Å². The second kappa shape index (κ2) is 6.90. The molecule has 0 bridgehead atoms. The van der Waals surface area contributed by atoms with Crippen LogP contribution in [0.3, 0.4) is 0 Å². The first-order valence-electron chi connectivity index (χ1n) is 7.07. The molecule has 3 rings (SSSR count). The Hall–Kier alpha value is -2.57. The lowest BCUT2D eigenvalue weighted by molar-refractivity contribution is -0.136. The molecular weight excluding hydrogens is 344 g/mol. The van der Waals surface area contributed by atoms with Crippen LogP contribution in [0.1, 0.15) is 36.0 Å². The summed E-state index contributed by atoms with van der Waals surface area (Å²) in [5.41, 5.74) is 1.05. The van der Waals surface area contributed by atoms with E-state index in [4.69, 9.17) is 5.11 Å². The maximum Gasteiger partial charge on any atom is 0.307 e. The number of rotatable bonds is 6. The van der Waals surface area contributed by atoms with Crippen LogP contribution in [0.5, 0.6) is 0 Å². The van der Waals surface area contributed by atoms with E-state index in [0.29, 0.717) is 20.9 Å². The van der Waals surface area contributed by atoms with Crippen LogP contribution in [0.4, 0.5) is 0 Å². The molecule has 1 N–H and O–H groups in total. The van der Waals surface area contributed by atoms with Crippen LogP contribution in [0, 0.1) is 0 Å². The first-order chi connectivity index (χ1) is 11.6. The van der Waals surface area contributed by atoms with E-state index in [2.05, 4.69) is 0 Å². The molecule has 0 fully saturated rings. The van der Waals surface area contributed by atoms with Crippen LogP contribution in [-0.2, 0) is 11.2 Å². The minimum atomic E-state index is -1.02. The van der Waals surface area contributed by atoms with Gasteiger partial charge in [0.15, 0.2) is 0 Å². The van der Waals surface area contributed by atoms with Crippen molar-refractivity contribution in [3.8, 4) is 0 Å². The number of carbonyl (C=O) groups is 3. The summed E-state index contributed by atoms with van der Waals surface area (Å²) in [5, 5.41) is 12.7. The molecule has 0 saturated carbocycles. The lowest BCUT2D eigenvalue weighted by Gasteiger charge is -2.08. The van der Waals surface area contributed by atoms with E-state index >= 15 is 0 Å².